The summed E-state index contributed by atoms with van der Waals surface area (Å²) >= 11 is 0. The van der Waals surface area contributed by atoms with Crippen LogP contribution >= 0.6 is 0 Å². The van der Waals surface area contributed by atoms with Gasteiger partial charge in [0.25, 0.3) is 0 Å². The quantitative estimate of drug-likeness (QED) is 0.664. The predicted octanol–water partition coefficient (Wildman–Crippen LogP) is 5.45. The summed E-state index contributed by atoms with van der Waals surface area (Å²) in [6.45, 7) is 5.03. The summed E-state index contributed by atoms with van der Waals surface area (Å²) in [4.78, 5) is 12.7. The fourth-order valence-corrected chi connectivity index (χ4v) is 5.75. The van der Waals surface area contributed by atoms with Crippen molar-refractivity contribution in [3.8, 4) is 5.75 Å². The Hall–Kier alpha value is -2.29. The minimum atomic E-state index is -0.402. The molecule has 3 nitrogen and oxygen atoms in total. The standard InChI is InChI=1S/C25H30O3/c1-24-14-7-15-25(2,23(26)27-3)22(24)13-11-19-10-12-20(16-21(19)24)28-17-18-8-5-4-6-9-18/h4-6,8-10,12,16,22H,7,11,13-15,17H2,1-3H3/t22-,24-,25-/m1/s1. The first-order valence-corrected chi connectivity index (χ1v) is 10.4. The van der Waals surface area contributed by atoms with Gasteiger partial charge in [-0.2, -0.15) is 0 Å². The van der Waals surface area contributed by atoms with Crippen molar-refractivity contribution in [2.24, 2.45) is 11.3 Å². The van der Waals surface area contributed by atoms with Gasteiger partial charge in [-0.15, -0.1) is 0 Å². The normalized spacial score (nSPS) is 28.8. The van der Waals surface area contributed by atoms with Gasteiger partial charge in [0, 0.05) is 0 Å². The van der Waals surface area contributed by atoms with Crippen molar-refractivity contribution in [3.05, 3.63) is 65.2 Å². The van der Waals surface area contributed by atoms with E-state index < -0.39 is 5.41 Å². The van der Waals surface area contributed by atoms with E-state index in [0.717, 1.165) is 37.9 Å². The van der Waals surface area contributed by atoms with Crippen LogP contribution in [0.3, 0.4) is 0 Å². The molecule has 1 fully saturated rings. The fourth-order valence-electron chi connectivity index (χ4n) is 5.75. The van der Waals surface area contributed by atoms with Gasteiger partial charge >= 0.3 is 5.97 Å². The fraction of sp³-hybridized carbons (Fsp3) is 0.480. The van der Waals surface area contributed by atoms with Crippen molar-refractivity contribution in [1.29, 1.82) is 0 Å². The maximum atomic E-state index is 12.7. The molecule has 4 rings (SSSR count). The van der Waals surface area contributed by atoms with E-state index in [2.05, 4.69) is 44.2 Å². The van der Waals surface area contributed by atoms with Gasteiger partial charge in [-0.25, -0.2) is 0 Å². The minimum Gasteiger partial charge on any atom is -0.489 e. The Morgan fingerprint density at radius 1 is 1.11 bits per heavy atom. The number of carbonyl (C=O) groups is 1. The highest BCUT2D eigenvalue weighted by molar-refractivity contribution is 5.77. The first-order valence-electron chi connectivity index (χ1n) is 10.4. The number of methoxy groups -OCH3 is 1. The van der Waals surface area contributed by atoms with Crippen LogP contribution in [0.4, 0.5) is 0 Å². The number of rotatable bonds is 4. The molecule has 0 saturated heterocycles. The highest BCUT2D eigenvalue weighted by Gasteiger charge is 2.55. The minimum absolute atomic E-state index is 0.0130. The van der Waals surface area contributed by atoms with Crippen molar-refractivity contribution in [2.75, 3.05) is 7.11 Å². The van der Waals surface area contributed by atoms with Crippen LogP contribution in [0.1, 0.15) is 56.2 Å². The third kappa shape index (κ3) is 3.11. The van der Waals surface area contributed by atoms with Crippen LogP contribution in [-0.4, -0.2) is 13.1 Å². The van der Waals surface area contributed by atoms with Gasteiger partial charge in [-0.1, -0.05) is 49.7 Å². The average Bonchev–Trinajstić information content (AvgIpc) is 2.72. The zero-order valence-corrected chi connectivity index (χ0v) is 17.2. The Morgan fingerprint density at radius 3 is 2.64 bits per heavy atom. The average molecular weight is 379 g/mol. The van der Waals surface area contributed by atoms with Crippen molar-refractivity contribution in [1.82, 2.24) is 0 Å². The number of esters is 1. The lowest BCUT2D eigenvalue weighted by Crippen LogP contribution is -2.52. The van der Waals surface area contributed by atoms with E-state index in [4.69, 9.17) is 9.47 Å². The van der Waals surface area contributed by atoms with Crippen molar-refractivity contribution in [3.63, 3.8) is 0 Å². The number of carbonyl (C=O) groups excluding carboxylic acids is 1. The molecule has 2 aromatic carbocycles. The van der Waals surface area contributed by atoms with Gasteiger partial charge in [0.2, 0.25) is 0 Å². The van der Waals surface area contributed by atoms with E-state index >= 15 is 0 Å². The lowest BCUT2D eigenvalue weighted by atomic mass is 9.50. The summed E-state index contributed by atoms with van der Waals surface area (Å²) in [5.41, 5.74) is 3.52. The number of hydrogen-bond donors (Lipinski definition) is 0. The highest BCUT2D eigenvalue weighted by Crippen LogP contribution is 2.57. The SMILES string of the molecule is COC(=O)[C@]1(C)CCC[C@]2(C)c3cc(OCc4ccccc4)ccc3CC[C@@H]12. The van der Waals surface area contributed by atoms with Crippen LogP contribution in [-0.2, 0) is 28.0 Å². The van der Waals surface area contributed by atoms with Crippen LogP contribution in [0, 0.1) is 11.3 Å². The molecular weight excluding hydrogens is 348 g/mol. The maximum absolute atomic E-state index is 12.7. The molecule has 28 heavy (non-hydrogen) atoms. The van der Waals surface area contributed by atoms with Gasteiger partial charge in [-0.3, -0.25) is 4.79 Å². The molecule has 2 aliphatic rings. The van der Waals surface area contributed by atoms with Crippen molar-refractivity contribution in [2.45, 2.75) is 58.0 Å². The number of ether oxygens (including phenoxy) is 2. The molecule has 0 spiro atoms. The molecule has 0 aliphatic heterocycles. The van der Waals surface area contributed by atoms with Crippen LogP contribution in [0.2, 0.25) is 0 Å². The zero-order chi connectivity index (χ0) is 19.8. The van der Waals surface area contributed by atoms with E-state index in [1.165, 1.54) is 23.8 Å². The van der Waals surface area contributed by atoms with Crippen molar-refractivity contribution < 1.29 is 14.3 Å². The van der Waals surface area contributed by atoms with E-state index in [-0.39, 0.29) is 11.4 Å². The van der Waals surface area contributed by atoms with Crippen LogP contribution in [0.15, 0.2) is 48.5 Å². The lowest BCUT2D eigenvalue weighted by molar-refractivity contribution is -0.161. The van der Waals surface area contributed by atoms with Gasteiger partial charge in [0.05, 0.1) is 12.5 Å². The number of hydrogen-bond acceptors (Lipinski definition) is 3. The van der Waals surface area contributed by atoms with Gasteiger partial charge in [0.1, 0.15) is 12.4 Å². The smallest absolute Gasteiger partial charge is 0.311 e. The lowest BCUT2D eigenvalue weighted by Gasteiger charge is -2.54. The van der Waals surface area contributed by atoms with Crippen LogP contribution in [0.25, 0.3) is 0 Å². The number of fused-ring (bicyclic) bond motifs is 3. The molecule has 2 aromatic rings. The van der Waals surface area contributed by atoms with E-state index in [9.17, 15) is 4.79 Å². The second kappa shape index (κ2) is 7.27. The Balaban J connectivity index is 1.64. The predicted molar refractivity (Wildman–Crippen MR) is 110 cm³/mol. The summed E-state index contributed by atoms with van der Waals surface area (Å²) in [7, 11) is 1.52. The van der Waals surface area contributed by atoms with Gasteiger partial charge in [0.15, 0.2) is 0 Å². The topological polar surface area (TPSA) is 35.5 Å². The summed E-state index contributed by atoms with van der Waals surface area (Å²) in [5.74, 6) is 1.16. The Bertz CT molecular complexity index is 859. The summed E-state index contributed by atoms with van der Waals surface area (Å²) in [6.07, 6.45) is 5.13. The highest BCUT2D eigenvalue weighted by atomic mass is 16.5. The van der Waals surface area contributed by atoms with E-state index in [0.29, 0.717) is 12.5 Å². The molecule has 3 atom stereocenters. The third-order valence-electron chi connectivity index (χ3n) is 7.23. The van der Waals surface area contributed by atoms with Crippen LogP contribution in [0.5, 0.6) is 5.75 Å². The molecule has 0 N–H and O–H groups in total. The largest absolute Gasteiger partial charge is 0.489 e. The number of aryl methyl sites for hydroxylation is 1. The molecule has 3 heteroatoms. The monoisotopic (exact) mass is 378 g/mol. The molecule has 2 aliphatic carbocycles. The van der Waals surface area contributed by atoms with Gasteiger partial charge in [-0.05, 0) is 72.8 Å². The molecule has 0 heterocycles. The maximum Gasteiger partial charge on any atom is 0.311 e. The Kier molecular flexibility index (Phi) is 4.95. The molecular formula is C25H30O3. The van der Waals surface area contributed by atoms with E-state index in [1.54, 1.807) is 0 Å². The third-order valence-corrected chi connectivity index (χ3v) is 7.23. The Labute approximate surface area is 168 Å². The molecule has 0 bridgehead atoms. The molecule has 0 unspecified atom stereocenters. The zero-order valence-electron chi connectivity index (χ0n) is 17.2. The van der Waals surface area contributed by atoms with Gasteiger partial charge < -0.3 is 9.47 Å². The molecule has 0 radical (unpaired) electrons. The molecule has 0 amide bonds. The first-order chi connectivity index (χ1) is 13.5. The number of benzene rings is 2. The Morgan fingerprint density at radius 2 is 1.89 bits per heavy atom. The second-order valence-corrected chi connectivity index (χ2v) is 8.86. The first kappa shape index (κ1) is 19.0. The van der Waals surface area contributed by atoms with Crippen LogP contribution < -0.4 is 4.74 Å². The van der Waals surface area contributed by atoms with E-state index in [1.807, 2.05) is 18.2 Å². The summed E-state index contributed by atoms with van der Waals surface area (Å²) in [5, 5.41) is 0. The summed E-state index contributed by atoms with van der Waals surface area (Å²) in [6, 6.07) is 16.8. The molecule has 148 valence electrons. The summed E-state index contributed by atoms with van der Waals surface area (Å²) < 4.78 is 11.3. The second-order valence-electron chi connectivity index (χ2n) is 8.86. The molecule has 1 saturated carbocycles. The molecule has 0 aromatic heterocycles. The van der Waals surface area contributed by atoms with Crippen molar-refractivity contribution >= 4 is 5.97 Å².